The Balaban J connectivity index is 1.25. The molecule has 1 N–H and O–H groups in total. The topological polar surface area (TPSA) is 102 Å². The predicted molar refractivity (Wildman–Crippen MR) is 168 cm³/mol. The van der Waals surface area contributed by atoms with Crippen LogP contribution < -0.4 is 15.0 Å². The molecule has 0 bridgehead atoms. The second-order valence-corrected chi connectivity index (χ2v) is 11.6. The summed E-state index contributed by atoms with van der Waals surface area (Å²) in [6.45, 7) is 6.01. The van der Waals surface area contributed by atoms with E-state index in [9.17, 15) is 22.8 Å². The molecule has 2 heterocycles. The molecule has 1 aromatic heterocycles. The lowest BCUT2D eigenvalue weighted by Crippen LogP contribution is -2.32. The highest BCUT2D eigenvalue weighted by Crippen LogP contribution is 2.34. The van der Waals surface area contributed by atoms with Crippen LogP contribution in [-0.4, -0.2) is 44.0 Å². The van der Waals surface area contributed by atoms with Gasteiger partial charge in [0, 0.05) is 5.56 Å². The molecule has 232 valence electrons. The molecule has 4 aromatic rings. The van der Waals surface area contributed by atoms with E-state index < -0.39 is 12.4 Å². The summed E-state index contributed by atoms with van der Waals surface area (Å²) >= 11 is 7.50. The van der Waals surface area contributed by atoms with Gasteiger partial charge in [0.25, 0.3) is 0 Å². The van der Waals surface area contributed by atoms with E-state index in [1.807, 2.05) is 39.0 Å². The number of anilines is 1. The van der Waals surface area contributed by atoms with Crippen molar-refractivity contribution in [2.75, 3.05) is 10.7 Å². The van der Waals surface area contributed by atoms with Crippen LogP contribution in [0.3, 0.4) is 0 Å². The predicted octanol–water partition coefficient (Wildman–Crippen LogP) is 7.65. The van der Waals surface area contributed by atoms with Gasteiger partial charge in [0.2, 0.25) is 5.91 Å². The summed E-state index contributed by atoms with van der Waals surface area (Å²) in [5.41, 5.74) is 4.51. The number of rotatable bonds is 7. The standard InChI is InChI=1S/C31H26ClF3N6O3S/c1-18(2)24-13-4-19(3)14-25(24)41-27(42)16-45-30(41)38-29(43)37-26(32)15-20-5-7-21(8-6-20)28-36-17-40(39-28)22-9-11-23(12-10-22)44-31(33,34)35/h4-15,17-18H,16H2,1-3H3,(H,37,43)/b26-15+,38-30?. The second-order valence-electron chi connectivity index (χ2n) is 10.2. The summed E-state index contributed by atoms with van der Waals surface area (Å²) in [5, 5.41) is 7.21. The molecule has 3 amide bonds. The first kappa shape index (κ1) is 31.8. The number of benzene rings is 3. The number of amidine groups is 1. The number of nitrogens with zero attached hydrogens (tertiary/aromatic N) is 5. The number of carbonyl (C=O) groups is 2. The number of aliphatic imine (C=N–C) groups is 1. The Morgan fingerprint density at radius 2 is 1.82 bits per heavy atom. The molecule has 9 nitrogen and oxygen atoms in total. The highest BCUT2D eigenvalue weighted by Gasteiger charge is 2.33. The molecule has 45 heavy (non-hydrogen) atoms. The number of ether oxygens (including phenoxy) is 1. The zero-order valence-electron chi connectivity index (χ0n) is 24.2. The largest absolute Gasteiger partial charge is 0.573 e. The van der Waals surface area contributed by atoms with Crippen LogP contribution in [0.1, 0.15) is 36.5 Å². The number of hydrogen-bond donors (Lipinski definition) is 1. The van der Waals surface area contributed by atoms with Crippen LogP contribution in [0.5, 0.6) is 5.75 Å². The van der Waals surface area contributed by atoms with Crippen LogP contribution in [0.25, 0.3) is 23.2 Å². The minimum absolute atomic E-state index is 0.0248. The fourth-order valence-electron chi connectivity index (χ4n) is 4.47. The summed E-state index contributed by atoms with van der Waals surface area (Å²) in [5.74, 6) is 0.220. The number of halogens is 4. The lowest BCUT2D eigenvalue weighted by Gasteiger charge is -2.22. The van der Waals surface area contributed by atoms with Crippen molar-refractivity contribution in [3.8, 4) is 22.8 Å². The molecule has 1 aliphatic heterocycles. The van der Waals surface area contributed by atoms with Gasteiger partial charge in [-0.05, 0) is 65.9 Å². The lowest BCUT2D eigenvalue weighted by atomic mass is 9.99. The smallest absolute Gasteiger partial charge is 0.406 e. The lowest BCUT2D eigenvalue weighted by molar-refractivity contribution is -0.274. The minimum Gasteiger partial charge on any atom is -0.406 e. The number of amides is 3. The first-order valence-electron chi connectivity index (χ1n) is 13.6. The zero-order valence-corrected chi connectivity index (χ0v) is 25.7. The first-order chi connectivity index (χ1) is 21.4. The molecule has 3 aromatic carbocycles. The van der Waals surface area contributed by atoms with Gasteiger partial charge in [-0.25, -0.2) is 14.5 Å². The van der Waals surface area contributed by atoms with Gasteiger partial charge in [0.05, 0.1) is 17.1 Å². The minimum atomic E-state index is -4.77. The van der Waals surface area contributed by atoms with E-state index in [4.69, 9.17) is 11.6 Å². The van der Waals surface area contributed by atoms with Crippen LogP contribution in [0.15, 0.2) is 83.2 Å². The molecule has 0 aliphatic carbocycles. The van der Waals surface area contributed by atoms with Gasteiger partial charge in [-0.1, -0.05) is 73.6 Å². The van der Waals surface area contributed by atoms with E-state index in [1.54, 1.807) is 30.3 Å². The molecule has 14 heteroatoms. The Morgan fingerprint density at radius 1 is 1.11 bits per heavy atom. The highest BCUT2D eigenvalue weighted by molar-refractivity contribution is 8.15. The third kappa shape index (κ3) is 7.91. The van der Waals surface area contributed by atoms with Crippen LogP contribution in [0.2, 0.25) is 0 Å². The maximum atomic E-state index is 12.8. The Morgan fingerprint density at radius 3 is 2.49 bits per heavy atom. The Kier molecular flexibility index (Phi) is 9.30. The van der Waals surface area contributed by atoms with Crippen LogP contribution in [-0.2, 0) is 4.79 Å². The second kappa shape index (κ2) is 13.2. The van der Waals surface area contributed by atoms with Crippen molar-refractivity contribution in [2.24, 2.45) is 4.99 Å². The van der Waals surface area contributed by atoms with Crippen molar-refractivity contribution in [3.05, 3.63) is 94.9 Å². The molecule has 1 aliphatic rings. The highest BCUT2D eigenvalue weighted by atomic mass is 35.5. The maximum Gasteiger partial charge on any atom is 0.573 e. The number of alkyl halides is 3. The van der Waals surface area contributed by atoms with E-state index >= 15 is 0 Å². The van der Waals surface area contributed by atoms with Gasteiger partial charge in [-0.3, -0.25) is 15.0 Å². The van der Waals surface area contributed by atoms with Crippen molar-refractivity contribution in [1.29, 1.82) is 0 Å². The Hall–Kier alpha value is -4.62. The summed E-state index contributed by atoms with van der Waals surface area (Å²) < 4.78 is 42.5. The fourth-order valence-corrected chi connectivity index (χ4v) is 5.53. The average molecular weight is 655 g/mol. The fraction of sp³-hybridized carbons (Fsp3) is 0.194. The SMILES string of the molecule is Cc1ccc(C(C)C)c(N2C(=O)CSC2=NC(=O)N/C(Cl)=C/c2ccc(-c3ncn(-c4ccc(OC(F)(F)F)cc4)n3)cc2)c1. The average Bonchev–Trinajstić information content (AvgIpc) is 3.60. The molecular weight excluding hydrogens is 629 g/mol. The van der Waals surface area contributed by atoms with Gasteiger partial charge in [-0.2, -0.15) is 4.99 Å². The van der Waals surface area contributed by atoms with E-state index in [0.29, 0.717) is 28.3 Å². The van der Waals surface area contributed by atoms with Crippen molar-refractivity contribution in [3.63, 3.8) is 0 Å². The molecule has 0 unspecified atom stereocenters. The molecule has 1 saturated heterocycles. The van der Waals surface area contributed by atoms with Gasteiger partial charge in [-0.15, -0.1) is 18.3 Å². The number of nitrogens with one attached hydrogen (secondary N) is 1. The number of aromatic nitrogens is 3. The van der Waals surface area contributed by atoms with Crippen LogP contribution >= 0.6 is 23.4 Å². The number of thioether (sulfide) groups is 1. The molecule has 1 fully saturated rings. The molecule has 0 spiro atoms. The van der Waals surface area contributed by atoms with Crippen molar-refractivity contribution >= 4 is 52.2 Å². The van der Waals surface area contributed by atoms with Gasteiger partial charge in [0.15, 0.2) is 11.0 Å². The summed E-state index contributed by atoms with van der Waals surface area (Å²) in [4.78, 5) is 35.4. The van der Waals surface area contributed by atoms with Crippen molar-refractivity contribution < 1.29 is 27.5 Å². The summed E-state index contributed by atoms with van der Waals surface area (Å²) in [6.07, 6.45) is -1.79. The number of carbonyl (C=O) groups excluding carboxylic acids is 2. The van der Waals surface area contributed by atoms with E-state index in [0.717, 1.165) is 11.1 Å². The molecular formula is C31H26ClF3N6O3S. The maximum absolute atomic E-state index is 12.8. The quantitative estimate of drug-likeness (QED) is 0.206. The van der Waals surface area contributed by atoms with Gasteiger partial charge in [0.1, 0.15) is 17.2 Å². The number of aryl methyl sites for hydroxylation is 1. The third-order valence-electron chi connectivity index (χ3n) is 6.53. The Bertz CT molecular complexity index is 1790. The van der Waals surface area contributed by atoms with Crippen molar-refractivity contribution in [1.82, 2.24) is 20.1 Å². The monoisotopic (exact) mass is 654 g/mol. The van der Waals surface area contributed by atoms with Gasteiger partial charge < -0.3 is 4.74 Å². The molecule has 0 saturated carbocycles. The number of urea groups is 1. The van der Waals surface area contributed by atoms with E-state index in [-0.39, 0.29) is 33.7 Å². The Labute approximate surface area is 265 Å². The van der Waals surface area contributed by atoms with Crippen LogP contribution in [0.4, 0.5) is 23.7 Å². The van der Waals surface area contributed by atoms with Gasteiger partial charge >= 0.3 is 12.4 Å². The molecule has 0 radical (unpaired) electrons. The van der Waals surface area contributed by atoms with E-state index in [1.165, 1.54) is 51.9 Å². The molecule has 5 rings (SSSR count). The molecule has 0 atom stereocenters. The summed E-state index contributed by atoms with van der Waals surface area (Å²) in [6, 6.07) is 17.4. The third-order valence-corrected chi connectivity index (χ3v) is 7.65. The van der Waals surface area contributed by atoms with E-state index in [2.05, 4.69) is 25.1 Å². The van der Waals surface area contributed by atoms with Crippen LogP contribution in [0, 0.1) is 6.92 Å². The van der Waals surface area contributed by atoms with Crippen molar-refractivity contribution in [2.45, 2.75) is 33.1 Å². The summed E-state index contributed by atoms with van der Waals surface area (Å²) in [7, 11) is 0. The first-order valence-corrected chi connectivity index (χ1v) is 14.9. The normalized spacial score (nSPS) is 14.8. The number of hydrogen-bond acceptors (Lipinski definition) is 6. The zero-order chi connectivity index (χ0) is 32.3.